The molecule has 2 N–H and O–H groups in total. The summed E-state index contributed by atoms with van der Waals surface area (Å²) in [4.78, 5) is 11.8. The summed E-state index contributed by atoms with van der Waals surface area (Å²) < 4.78 is 32.4. The van der Waals surface area contributed by atoms with Gasteiger partial charge in [-0.15, -0.1) is 0 Å². The predicted octanol–water partition coefficient (Wildman–Crippen LogP) is 1.86. The highest BCUT2D eigenvalue weighted by atomic mass is 32.2. The summed E-state index contributed by atoms with van der Waals surface area (Å²) in [6, 6.07) is -0.0265. The van der Waals surface area contributed by atoms with Crippen LogP contribution in [-0.2, 0) is 14.8 Å². The zero-order chi connectivity index (χ0) is 18.7. The van der Waals surface area contributed by atoms with Gasteiger partial charge in [0.25, 0.3) is 0 Å². The summed E-state index contributed by atoms with van der Waals surface area (Å²) in [5, 5.41) is 11.7. The number of rotatable bonds is 4. The Morgan fingerprint density at radius 2 is 1.68 bits per heavy atom. The molecule has 7 nitrogen and oxygen atoms in total. The Morgan fingerprint density at radius 3 is 2.16 bits per heavy atom. The molecule has 0 radical (unpaired) electrons. The first-order chi connectivity index (χ1) is 11.6. The number of aliphatic hydroxyl groups excluding tert-OH is 1. The van der Waals surface area contributed by atoms with Crippen molar-refractivity contribution in [1.82, 2.24) is 9.62 Å². The van der Waals surface area contributed by atoms with E-state index in [0.717, 1.165) is 12.8 Å². The minimum atomic E-state index is -3.29. The van der Waals surface area contributed by atoms with Gasteiger partial charge in [0.1, 0.15) is 5.60 Å². The van der Waals surface area contributed by atoms with Gasteiger partial charge in [-0.3, -0.25) is 0 Å². The van der Waals surface area contributed by atoms with E-state index in [2.05, 4.69) is 5.32 Å². The molecule has 1 saturated carbocycles. The van der Waals surface area contributed by atoms with E-state index in [-0.39, 0.29) is 23.8 Å². The molecule has 2 fully saturated rings. The molecule has 0 aromatic heterocycles. The molecule has 0 unspecified atom stereocenters. The zero-order valence-electron chi connectivity index (χ0n) is 15.5. The SMILES string of the molecule is CC(C)(C)OC(=O)NC1CCC(S(=O)(=O)N2CCC(CO)CC2)CC1. The van der Waals surface area contributed by atoms with Crippen molar-refractivity contribution in [2.24, 2.45) is 5.92 Å². The van der Waals surface area contributed by atoms with Crippen molar-refractivity contribution in [2.45, 2.75) is 76.2 Å². The van der Waals surface area contributed by atoms with Gasteiger partial charge in [-0.1, -0.05) is 0 Å². The average Bonchev–Trinajstić information content (AvgIpc) is 2.53. The fraction of sp³-hybridized carbons (Fsp3) is 0.941. The summed E-state index contributed by atoms with van der Waals surface area (Å²) in [5.41, 5.74) is -0.536. The van der Waals surface area contributed by atoms with E-state index in [9.17, 15) is 18.3 Å². The quantitative estimate of drug-likeness (QED) is 0.781. The molecule has 1 saturated heterocycles. The van der Waals surface area contributed by atoms with E-state index >= 15 is 0 Å². The highest BCUT2D eigenvalue weighted by Gasteiger charge is 2.37. The molecule has 0 aromatic rings. The molecule has 0 aromatic carbocycles. The zero-order valence-corrected chi connectivity index (χ0v) is 16.3. The number of piperidine rings is 1. The third-order valence-corrected chi connectivity index (χ3v) is 7.41. The number of nitrogens with zero attached hydrogens (tertiary/aromatic N) is 1. The van der Waals surface area contributed by atoms with Crippen molar-refractivity contribution in [3.8, 4) is 0 Å². The summed E-state index contributed by atoms with van der Waals surface area (Å²) in [7, 11) is -3.29. The van der Waals surface area contributed by atoms with E-state index < -0.39 is 21.7 Å². The minimum Gasteiger partial charge on any atom is -0.444 e. The number of alkyl carbamates (subject to hydrolysis) is 1. The van der Waals surface area contributed by atoms with Crippen molar-refractivity contribution >= 4 is 16.1 Å². The lowest BCUT2D eigenvalue weighted by molar-refractivity contribution is 0.0493. The van der Waals surface area contributed by atoms with Crippen molar-refractivity contribution < 1.29 is 23.1 Å². The molecule has 1 aliphatic carbocycles. The summed E-state index contributed by atoms with van der Waals surface area (Å²) in [5.74, 6) is 0.222. The second-order valence-corrected chi connectivity index (χ2v) is 10.4. The molecule has 0 bridgehead atoms. The first-order valence-corrected chi connectivity index (χ1v) is 10.7. The van der Waals surface area contributed by atoms with Crippen LogP contribution >= 0.6 is 0 Å². The maximum absolute atomic E-state index is 12.8. The molecule has 1 amide bonds. The van der Waals surface area contributed by atoms with Crippen molar-refractivity contribution in [3.05, 3.63) is 0 Å². The lowest BCUT2D eigenvalue weighted by Crippen LogP contribution is -2.47. The Labute approximate surface area is 151 Å². The molecule has 146 valence electrons. The number of nitrogens with one attached hydrogen (secondary N) is 1. The van der Waals surface area contributed by atoms with Crippen LogP contribution in [0, 0.1) is 5.92 Å². The van der Waals surface area contributed by atoms with Crippen LogP contribution in [0.4, 0.5) is 4.79 Å². The van der Waals surface area contributed by atoms with Crippen molar-refractivity contribution in [1.29, 1.82) is 0 Å². The number of ether oxygens (including phenoxy) is 1. The maximum Gasteiger partial charge on any atom is 0.407 e. The molecule has 25 heavy (non-hydrogen) atoms. The number of amides is 1. The van der Waals surface area contributed by atoms with Gasteiger partial charge >= 0.3 is 6.09 Å². The van der Waals surface area contributed by atoms with Crippen LogP contribution in [0.25, 0.3) is 0 Å². The fourth-order valence-electron chi connectivity index (χ4n) is 3.54. The number of aliphatic hydroxyl groups is 1. The van der Waals surface area contributed by atoms with E-state index in [1.165, 1.54) is 0 Å². The van der Waals surface area contributed by atoms with E-state index in [1.807, 2.05) is 20.8 Å². The molecular formula is C17H32N2O5S. The van der Waals surface area contributed by atoms with Crippen LogP contribution in [0.15, 0.2) is 0 Å². The standard InChI is InChI=1S/C17H32N2O5S/c1-17(2,3)24-16(21)18-14-4-6-15(7-5-14)25(22,23)19-10-8-13(12-20)9-11-19/h13-15,20H,4-12H2,1-3H3,(H,18,21). The third kappa shape index (κ3) is 5.82. The smallest absolute Gasteiger partial charge is 0.407 e. The summed E-state index contributed by atoms with van der Waals surface area (Å²) in [6.07, 6.45) is 3.43. The highest BCUT2D eigenvalue weighted by Crippen LogP contribution is 2.29. The second-order valence-electron chi connectivity index (χ2n) is 8.19. The lowest BCUT2D eigenvalue weighted by atomic mass is 9.95. The Bertz CT molecular complexity index is 542. The van der Waals surface area contributed by atoms with Crippen molar-refractivity contribution in [2.75, 3.05) is 19.7 Å². The average molecular weight is 377 g/mol. The fourth-order valence-corrected chi connectivity index (χ4v) is 5.55. The van der Waals surface area contributed by atoms with Gasteiger partial charge < -0.3 is 15.2 Å². The molecule has 2 aliphatic rings. The topological polar surface area (TPSA) is 95.9 Å². The van der Waals surface area contributed by atoms with Gasteiger partial charge in [-0.05, 0) is 65.2 Å². The molecule has 0 spiro atoms. The Kier molecular flexibility index (Phi) is 6.73. The Balaban J connectivity index is 1.82. The molecule has 2 rings (SSSR count). The van der Waals surface area contributed by atoms with Crippen LogP contribution in [0.2, 0.25) is 0 Å². The molecule has 8 heteroatoms. The van der Waals surface area contributed by atoms with Crippen LogP contribution < -0.4 is 5.32 Å². The van der Waals surface area contributed by atoms with E-state index in [4.69, 9.17) is 4.74 Å². The maximum atomic E-state index is 12.8. The lowest BCUT2D eigenvalue weighted by Gasteiger charge is -2.36. The first-order valence-electron chi connectivity index (χ1n) is 9.21. The number of hydrogen-bond acceptors (Lipinski definition) is 5. The Hall–Kier alpha value is -0.860. The predicted molar refractivity (Wildman–Crippen MR) is 95.7 cm³/mol. The van der Waals surface area contributed by atoms with E-state index in [1.54, 1.807) is 4.31 Å². The molecule has 0 atom stereocenters. The highest BCUT2D eigenvalue weighted by molar-refractivity contribution is 7.89. The van der Waals surface area contributed by atoms with Crippen LogP contribution in [0.3, 0.4) is 0 Å². The minimum absolute atomic E-state index is 0.0265. The van der Waals surface area contributed by atoms with Crippen molar-refractivity contribution in [3.63, 3.8) is 0 Å². The van der Waals surface area contributed by atoms with Gasteiger partial charge in [0, 0.05) is 25.7 Å². The molecular weight excluding hydrogens is 344 g/mol. The van der Waals surface area contributed by atoms with E-state index in [0.29, 0.717) is 38.8 Å². The number of carbonyl (C=O) groups is 1. The largest absolute Gasteiger partial charge is 0.444 e. The molecule has 1 heterocycles. The van der Waals surface area contributed by atoms with Gasteiger partial charge in [0.05, 0.1) is 5.25 Å². The van der Waals surface area contributed by atoms with Gasteiger partial charge in [-0.2, -0.15) is 0 Å². The van der Waals surface area contributed by atoms with Crippen LogP contribution in [0.1, 0.15) is 59.3 Å². The normalized spacial score (nSPS) is 27.0. The Morgan fingerprint density at radius 1 is 1.12 bits per heavy atom. The third-order valence-electron chi connectivity index (χ3n) is 5.01. The van der Waals surface area contributed by atoms with Gasteiger partial charge in [0.15, 0.2) is 0 Å². The molecule has 1 aliphatic heterocycles. The van der Waals surface area contributed by atoms with Gasteiger partial charge in [0.2, 0.25) is 10.0 Å². The summed E-state index contributed by atoms with van der Waals surface area (Å²) >= 11 is 0. The first kappa shape index (κ1) is 20.5. The summed E-state index contributed by atoms with van der Waals surface area (Å²) in [6.45, 7) is 6.59. The number of sulfonamides is 1. The van der Waals surface area contributed by atoms with Crippen LogP contribution in [0.5, 0.6) is 0 Å². The second kappa shape index (κ2) is 8.22. The number of carbonyl (C=O) groups excluding carboxylic acids is 1. The monoisotopic (exact) mass is 376 g/mol. The number of hydrogen-bond donors (Lipinski definition) is 2. The van der Waals surface area contributed by atoms with Crippen LogP contribution in [-0.4, -0.2) is 60.5 Å². The van der Waals surface area contributed by atoms with Gasteiger partial charge in [-0.25, -0.2) is 17.5 Å².